The third-order valence-corrected chi connectivity index (χ3v) is 1.81. The van der Waals surface area contributed by atoms with Gasteiger partial charge in [-0.3, -0.25) is 0 Å². The Balaban J connectivity index is 2.48. The van der Waals surface area contributed by atoms with Crippen molar-refractivity contribution < 1.29 is 0 Å². The maximum atomic E-state index is 4.12. The van der Waals surface area contributed by atoms with Crippen LogP contribution >= 0.6 is 11.3 Å². The molecule has 0 spiro atoms. The monoisotopic (exact) mass is 139 g/mol. The summed E-state index contributed by atoms with van der Waals surface area (Å²) in [5.74, 6) is 0. The molecule has 0 saturated heterocycles. The molecule has 0 aliphatic heterocycles. The highest BCUT2D eigenvalue weighted by Crippen LogP contribution is 2.04. The molecule has 0 aliphatic rings. The Kier molecular flexibility index (Phi) is 2.46. The van der Waals surface area contributed by atoms with Gasteiger partial charge in [0.15, 0.2) is 0 Å². The van der Waals surface area contributed by atoms with Gasteiger partial charge in [0, 0.05) is 18.0 Å². The standard InChI is InChI=1S/C7H9NS/c1-2-3-4-7-8-5-6-9-7/h2-3,5-6H,4H2,1H3. The van der Waals surface area contributed by atoms with E-state index in [1.54, 1.807) is 11.3 Å². The molecule has 9 heavy (non-hydrogen) atoms. The van der Waals surface area contributed by atoms with E-state index in [1.165, 1.54) is 5.01 Å². The fourth-order valence-electron chi connectivity index (χ4n) is 0.572. The Morgan fingerprint density at radius 1 is 1.78 bits per heavy atom. The van der Waals surface area contributed by atoms with Gasteiger partial charge in [0.05, 0.1) is 5.01 Å². The minimum atomic E-state index is 0.980. The van der Waals surface area contributed by atoms with Crippen molar-refractivity contribution in [2.75, 3.05) is 0 Å². The second-order valence-corrected chi connectivity index (χ2v) is 2.68. The average Bonchev–Trinajstić information content (AvgIpc) is 2.34. The first kappa shape index (κ1) is 6.49. The van der Waals surface area contributed by atoms with Crippen LogP contribution in [-0.4, -0.2) is 4.98 Å². The number of rotatable bonds is 2. The molecule has 0 N–H and O–H groups in total. The van der Waals surface area contributed by atoms with Crippen LogP contribution in [0.4, 0.5) is 0 Å². The van der Waals surface area contributed by atoms with Gasteiger partial charge >= 0.3 is 0 Å². The van der Waals surface area contributed by atoms with Crippen molar-refractivity contribution in [2.45, 2.75) is 13.3 Å². The predicted octanol–water partition coefficient (Wildman–Crippen LogP) is 2.26. The fourth-order valence-corrected chi connectivity index (χ4v) is 1.17. The number of aromatic nitrogens is 1. The van der Waals surface area contributed by atoms with Crippen LogP contribution in [-0.2, 0) is 6.42 Å². The van der Waals surface area contributed by atoms with Crippen molar-refractivity contribution in [1.82, 2.24) is 4.98 Å². The van der Waals surface area contributed by atoms with Crippen molar-refractivity contribution in [3.63, 3.8) is 0 Å². The Labute approximate surface area is 59.1 Å². The van der Waals surface area contributed by atoms with Crippen molar-refractivity contribution in [3.8, 4) is 0 Å². The minimum absolute atomic E-state index is 0.980. The molecule has 1 nitrogen and oxygen atoms in total. The van der Waals surface area contributed by atoms with Gasteiger partial charge in [-0.15, -0.1) is 11.3 Å². The molecule has 0 aliphatic carbocycles. The summed E-state index contributed by atoms with van der Waals surface area (Å²) >= 11 is 1.70. The van der Waals surface area contributed by atoms with E-state index in [1.807, 2.05) is 24.6 Å². The van der Waals surface area contributed by atoms with Gasteiger partial charge in [-0.2, -0.15) is 0 Å². The first-order valence-corrected chi connectivity index (χ1v) is 3.81. The number of thiazole rings is 1. The summed E-state index contributed by atoms with van der Waals surface area (Å²) in [7, 11) is 0. The molecule has 0 unspecified atom stereocenters. The number of allylic oxidation sites excluding steroid dienone is 2. The number of nitrogens with zero attached hydrogens (tertiary/aromatic N) is 1. The summed E-state index contributed by atoms with van der Waals surface area (Å²) in [6, 6.07) is 0. The molecule has 0 atom stereocenters. The molecule has 48 valence electrons. The van der Waals surface area contributed by atoms with Gasteiger partial charge in [-0.05, 0) is 6.92 Å². The van der Waals surface area contributed by atoms with E-state index in [9.17, 15) is 0 Å². The number of hydrogen-bond acceptors (Lipinski definition) is 2. The van der Waals surface area contributed by atoms with Crippen molar-refractivity contribution in [1.29, 1.82) is 0 Å². The van der Waals surface area contributed by atoms with Gasteiger partial charge < -0.3 is 0 Å². The molecule has 0 radical (unpaired) electrons. The van der Waals surface area contributed by atoms with Crippen LogP contribution in [0.3, 0.4) is 0 Å². The summed E-state index contributed by atoms with van der Waals surface area (Å²) in [4.78, 5) is 4.12. The largest absolute Gasteiger partial charge is 0.249 e. The highest BCUT2D eigenvalue weighted by molar-refractivity contribution is 7.09. The zero-order valence-corrected chi connectivity index (χ0v) is 6.19. The Morgan fingerprint density at radius 2 is 2.67 bits per heavy atom. The van der Waals surface area contributed by atoms with Crippen LogP contribution in [0.15, 0.2) is 23.7 Å². The molecule has 1 aromatic heterocycles. The van der Waals surface area contributed by atoms with Crippen LogP contribution < -0.4 is 0 Å². The SMILES string of the molecule is CC=CCc1nccs1. The molecule has 0 saturated carbocycles. The summed E-state index contributed by atoms with van der Waals surface area (Å²) < 4.78 is 0. The lowest BCUT2D eigenvalue weighted by molar-refractivity contribution is 1.18. The summed E-state index contributed by atoms with van der Waals surface area (Å²) in [5, 5.41) is 3.19. The van der Waals surface area contributed by atoms with E-state index in [-0.39, 0.29) is 0 Å². The van der Waals surface area contributed by atoms with Crippen molar-refractivity contribution in [3.05, 3.63) is 28.7 Å². The van der Waals surface area contributed by atoms with E-state index >= 15 is 0 Å². The summed E-state index contributed by atoms with van der Waals surface area (Å²) in [5.41, 5.74) is 0. The van der Waals surface area contributed by atoms with Crippen LogP contribution in [0.1, 0.15) is 11.9 Å². The molecular formula is C7H9NS. The van der Waals surface area contributed by atoms with Crippen molar-refractivity contribution in [2.24, 2.45) is 0 Å². The molecule has 0 aromatic carbocycles. The fraction of sp³-hybridized carbons (Fsp3) is 0.286. The highest BCUT2D eigenvalue weighted by atomic mass is 32.1. The average molecular weight is 139 g/mol. The quantitative estimate of drug-likeness (QED) is 0.573. The predicted molar refractivity (Wildman–Crippen MR) is 40.6 cm³/mol. The molecule has 1 heterocycles. The van der Waals surface area contributed by atoms with E-state index in [0.717, 1.165) is 6.42 Å². The Bertz CT molecular complexity index is 177. The Hall–Kier alpha value is -0.630. The van der Waals surface area contributed by atoms with E-state index in [0.29, 0.717) is 0 Å². The zero-order chi connectivity index (χ0) is 6.53. The molecular weight excluding hydrogens is 130 g/mol. The molecule has 0 fully saturated rings. The summed E-state index contributed by atoms with van der Waals surface area (Å²) in [6.45, 7) is 2.02. The first-order valence-electron chi connectivity index (χ1n) is 2.93. The molecule has 1 rings (SSSR count). The molecule has 0 bridgehead atoms. The van der Waals surface area contributed by atoms with Crippen LogP contribution in [0.2, 0.25) is 0 Å². The molecule has 2 heteroatoms. The smallest absolute Gasteiger partial charge is 0.0962 e. The molecule has 0 amide bonds. The number of hydrogen-bond donors (Lipinski definition) is 0. The maximum Gasteiger partial charge on any atom is 0.0962 e. The van der Waals surface area contributed by atoms with E-state index in [4.69, 9.17) is 0 Å². The lowest BCUT2D eigenvalue weighted by Gasteiger charge is -1.81. The maximum absolute atomic E-state index is 4.12. The second kappa shape index (κ2) is 3.41. The van der Waals surface area contributed by atoms with Gasteiger partial charge in [0.25, 0.3) is 0 Å². The van der Waals surface area contributed by atoms with Gasteiger partial charge in [0.2, 0.25) is 0 Å². The van der Waals surface area contributed by atoms with Crippen LogP contribution in [0.5, 0.6) is 0 Å². The normalized spacial score (nSPS) is 10.8. The minimum Gasteiger partial charge on any atom is -0.249 e. The van der Waals surface area contributed by atoms with Gasteiger partial charge in [-0.1, -0.05) is 12.2 Å². The highest BCUT2D eigenvalue weighted by Gasteiger charge is 1.87. The van der Waals surface area contributed by atoms with Gasteiger partial charge in [0.1, 0.15) is 0 Å². The third-order valence-electron chi connectivity index (χ3n) is 1.01. The topological polar surface area (TPSA) is 12.9 Å². The van der Waals surface area contributed by atoms with Crippen molar-refractivity contribution >= 4 is 11.3 Å². The first-order chi connectivity index (χ1) is 4.43. The third kappa shape index (κ3) is 1.98. The van der Waals surface area contributed by atoms with Gasteiger partial charge in [-0.25, -0.2) is 4.98 Å². The molecule has 1 aromatic rings. The summed E-state index contributed by atoms with van der Waals surface area (Å²) in [6.07, 6.45) is 6.97. The zero-order valence-electron chi connectivity index (χ0n) is 5.37. The van der Waals surface area contributed by atoms with Crippen LogP contribution in [0, 0.1) is 0 Å². The van der Waals surface area contributed by atoms with Crippen LogP contribution in [0.25, 0.3) is 0 Å². The van der Waals surface area contributed by atoms with E-state index in [2.05, 4.69) is 11.1 Å². The lowest BCUT2D eigenvalue weighted by Crippen LogP contribution is -1.74. The lowest BCUT2D eigenvalue weighted by atomic mass is 10.4. The van der Waals surface area contributed by atoms with E-state index < -0.39 is 0 Å². The Morgan fingerprint density at radius 3 is 3.22 bits per heavy atom. The second-order valence-electron chi connectivity index (χ2n) is 1.70.